The Bertz CT molecular complexity index is 367. The number of nitrogens with zero attached hydrogens (tertiary/aromatic N) is 1. The van der Waals surface area contributed by atoms with E-state index in [4.69, 9.17) is 5.26 Å². The highest BCUT2D eigenvalue weighted by Gasteiger charge is 2.02. The summed E-state index contributed by atoms with van der Waals surface area (Å²) in [4.78, 5) is 11.3. The highest BCUT2D eigenvalue weighted by molar-refractivity contribution is 5.78. The minimum Gasteiger partial charge on any atom is -0.355 e. The van der Waals surface area contributed by atoms with Gasteiger partial charge in [-0.05, 0) is 17.7 Å². The molecule has 0 bridgehead atoms. The summed E-state index contributed by atoms with van der Waals surface area (Å²) in [6.07, 6.45) is 0.515. The predicted octanol–water partition coefficient (Wildman–Crippen LogP) is 1.40. The molecule has 4 heteroatoms. The number of hydrogen-bond donors (Lipinski definition) is 1. The molecule has 1 aromatic rings. The number of hydrogen-bond acceptors (Lipinski definition) is 2. The molecule has 0 saturated heterocycles. The number of nitriles is 1. The Labute approximate surface area is 87.5 Å². The monoisotopic (exact) mass is 206 g/mol. The molecule has 0 spiro atoms. The lowest BCUT2D eigenvalue weighted by Crippen LogP contribution is -2.25. The summed E-state index contributed by atoms with van der Waals surface area (Å²) >= 11 is 0. The van der Waals surface area contributed by atoms with E-state index in [1.54, 1.807) is 12.1 Å². The molecule has 1 aromatic carbocycles. The van der Waals surface area contributed by atoms with Crippen molar-refractivity contribution in [2.75, 3.05) is 6.54 Å². The Morgan fingerprint density at radius 1 is 1.40 bits per heavy atom. The van der Waals surface area contributed by atoms with E-state index in [9.17, 15) is 9.18 Å². The zero-order valence-electron chi connectivity index (χ0n) is 8.16. The molecule has 0 saturated carbocycles. The van der Waals surface area contributed by atoms with Crippen LogP contribution in [0.25, 0.3) is 0 Å². The number of carbonyl (C=O) groups is 1. The number of carbonyl (C=O) groups excluding carboxylic acids is 1. The Morgan fingerprint density at radius 3 is 2.67 bits per heavy atom. The largest absolute Gasteiger partial charge is 0.355 e. The summed E-state index contributed by atoms with van der Waals surface area (Å²) in [6, 6.07) is 7.70. The minimum absolute atomic E-state index is 0.156. The molecule has 0 heterocycles. The lowest BCUT2D eigenvalue weighted by molar-refractivity contribution is -0.120. The van der Waals surface area contributed by atoms with Gasteiger partial charge in [0, 0.05) is 6.54 Å². The average Bonchev–Trinajstić information content (AvgIpc) is 2.22. The summed E-state index contributed by atoms with van der Waals surface area (Å²) in [7, 11) is 0. The Kier molecular flexibility index (Phi) is 4.30. The van der Waals surface area contributed by atoms with E-state index < -0.39 is 0 Å². The first kappa shape index (κ1) is 11.2. The first-order valence-electron chi connectivity index (χ1n) is 4.60. The molecule has 1 rings (SSSR count). The van der Waals surface area contributed by atoms with Gasteiger partial charge in [0.2, 0.25) is 5.91 Å². The van der Waals surface area contributed by atoms with E-state index in [2.05, 4.69) is 5.32 Å². The van der Waals surface area contributed by atoms with Crippen molar-refractivity contribution in [3.8, 4) is 6.07 Å². The van der Waals surface area contributed by atoms with Crippen molar-refractivity contribution in [1.82, 2.24) is 5.32 Å². The van der Waals surface area contributed by atoms with E-state index in [1.165, 1.54) is 12.1 Å². The summed E-state index contributed by atoms with van der Waals surface area (Å²) < 4.78 is 12.5. The predicted molar refractivity (Wildman–Crippen MR) is 53.3 cm³/mol. The molecule has 1 N–H and O–H groups in total. The normalized spacial score (nSPS) is 9.33. The lowest BCUT2D eigenvalue weighted by atomic mass is 10.1. The van der Waals surface area contributed by atoms with Crippen molar-refractivity contribution < 1.29 is 9.18 Å². The molecule has 15 heavy (non-hydrogen) atoms. The molecule has 0 atom stereocenters. The molecular weight excluding hydrogens is 195 g/mol. The molecule has 0 radical (unpaired) electrons. The van der Waals surface area contributed by atoms with E-state index in [-0.39, 0.29) is 18.1 Å². The summed E-state index contributed by atoms with van der Waals surface area (Å²) in [5.74, 6) is -0.472. The van der Waals surface area contributed by atoms with Gasteiger partial charge >= 0.3 is 0 Å². The van der Waals surface area contributed by atoms with Crippen LogP contribution in [0.5, 0.6) is 0 Å². The van der Waals surface area contributed by atoms with Gasteiger partial charge < -0.3 is 5.32 Å². The maximum atomic E-state index is 12.5. The molecule has 1 amide bonds. The van der Waals surface area contributed by atoms with Crippen LogP contribution in [0.4, 0.5) is 4.39 Å². The third-order valence-electron chi connectivity index (χ3n) is 1.84. The second-order valence-electron chi connectivity index (χ2n) is 3.06. The van der Waals surface area contributed by atoms with Crippen LogP contribution in [0.2, 0.25) is 0 Å². The molecule has 3 nitrogen and oxygen atoms in total. The maximum Gasteiger partial charge on any atom is 0.224 e. The summed E-state index contributed by atoms with van der Waals surface area (Å²) in [6.45, 7) is 0.358. The molecule has 78 valence electrons. The van der Waals surface area contributed by atoms with E-state index in [0.717, 1.165) is 5.56 Å². The van der Waals surface area contributed by atoms with Gasteiger partial charge in [0.1, 0.15) is 5.82 Å². The third kappa shape index (κ3) is 4.23. The van der Waals surface area contributed by atoms with Crippen LogP contribution in [-0.2, 0) is 11.2 Å². The number of rotatable bonds is 4. The van der Waals surface area contributed by atoms with Gasteiger partial charge in [0.25, 0.3) is 0 Å². The number of nitrogens with one attached hydrogen (secondary N) is 1. The van der Waals surface area contributed by atoms with Gasteiger partial charge in [-0.3, -0.25) is 4.79 Å². The number of benzene rings is 1. The zero-order chi connectivity index (χ0) is 11.1. The van der Waals surface area contributed by atoms with Crippen molar-refractivity contribution in [1.29, 1.82) is 5.26 Å². The Morgan fingerprint density at radius 2 is 2.07 bits per heavy atom. The molecule has 0 aliphatic carbocycles. The van der Waals surface area contributed by atoms with Gasteiger partial charge in [0.15, 0.2) is 0 Å². The molecule has 0 fully saturated rings. The van der Waals surface area contributed by atoms with Crippen molar-refractivity contribution >= 4 is 5.91 Å². The molecular formula is C11H11FN2O. The average molecular weight is 206 g/mol. The molecule has 0 aliphatic rings. The van der Waals surface area contributed by atoms with Gasteiger partial charge in [-0.2, -0.15) is 5.26 Å². The highest BCUT2D eigenvalue weighted by atomic mass is 19.1. The van der Waals surface area contributed by atoms with Crippen molar-refractivity contribution in [3.05, 3.63) is 35.6 Å². The van der Waals surface area contributed by atoms with Gasteiger partial charge in [-0.15, -0.1) is 0 Å². The SMILES string of the molecule is N#CCCNC(=O)Cc1ccc(F)cc1. The summed E-state index contributed by atoms with van der Waals surface area (Å²) in [5.41, 5.74) is 0.755. The fourth-order valence-corrected chi connectivity index (χ4v) is 1.11. The van der Waals surface area contributed by atoms with Crippen LogP contribution in [0, 0.1) is 17.1 Å². The first-order valence-corrected chi connectivity index (χ1v) is 4.60. The minimum atomic E-state index is -0.316. The molecule has 0 aromatic heterocycles. The first-order chi connectivity index (χ1) is 7.22. The van der Waals surface area contributed by atoms with Crippen LogP contribution >= 0.6 is 0 Å². The van der Waals surface area contributed by atoms with Crippen LogP contribution in [-0.4, -0.2) is 12.5 Å². The van der Waals surface area contributed by atoms with Gasteiger partial charge in [-0.1, -0.05) is 12.1 Å². The smallest absolute Gasteiger partial charge is 0.224 e. The molecule has 0 unspecified atom stereocenters. The van der Waals surface area contributed by atoms with Crippen LogP contribution in [0.1, 0.15) is 12.0 Å². The fraction of sp³-hybridized carbons (Fsp3) is 0.273. The van der Waals surface area contributed by atoms with Gasteiger partial charge in [0.05, 0.1) is 18.9 Å². The van der Waals surface area contributed by atoms with Gasteiger partial charge in [-0.25, -0.2) is 4.39 Å². The number of amides is 1. The topological polar surface area (TPSA) is 52.9 Å². The van der Waals surface area contributed by atoms with Crippen LogP contribution in [0.15, 0.2) is 24.3 Å². The second kappa shape index (κ2) is 5.76. The van der Waals surface area contributed by atoms with Crippen molar-refractivity contribution in [3.63, 3.8) is 0 Å². The quantitative estimate of drug-likeness (QED) is 0.757. The lowest BCUT2D eigenvalue weighted by Gasteiger charge is -2.02. The highest BCUT2D eigenvalue weighted by Crippen LogP contribution is 2.03. The fourth-order valence-electron chi connectivity index (χ4n) is 1.11. The standard InChI is InChI=1S/C11H11FN2O/c12-10-4-2-9(3-5-10)8-11(15)14-7-1-6-13/h2-5H,1,7-8H2,(H,14,15). The Balaban J connectivity index is 2.38. The van der Waals surface area contributed by atoms with Crippen molar-refractivity contribution in [2.45, 2.75) is 12.8 Å². The van der Waals surface area contributed by atoms with E-state index >= 15 is 0 Å². The summed E-state index contributed by atoms with van der Waals surface area (Å²) in [5, 5.41) is 10.8. The second-order valence-corrected chi connectivity index (χ2v) is 3.06. The van der Waals surface area contributed by atoms with E-state index in [0.29, 0.717) is 13.0 Å². The molecule has 0 aliphatic heterocycles. The Hall–Kier alpha value is -1.89. The number of halogens is 1. The van der Waals surface area contributed by atoms with Crippen molar-refractivity contribution in [2.24, 2.45) is 0 Å². The van der Waals surface area contributed by atoms with E-state index in [1.807, 2.05) is 6.07 Å². The van der Waals surface area contributed by atoms with Crippen LogP contribution in [0.3, 0.4) is 0 Å². The maximum absolute atomic E-state index is 12.5. The van der Waals surface area contributed by atoms with Crippen LogP contribution < -0.4 is 5.32 Å². The third-order valence-corrected chi connectivity index (χ3v) is 1.84. The zero-order valence-corrected chi connectivity index (χ0v) is 8.16.